The molecule has 0 amide bonds. The molecule has 5 heteroatoms. The van der Waals surface area contributed by atoms with Crippen molar-refractivity contribution in [2.24, 2.45) is 0 Å². The third-order valence-corrected chi connectivity index (χ3v) is 3.72. The van der Waals surface area contributed by atoms with Gasteiger partial charge in [-0.2, -0.15) is 0 Å². The topological polar surface area (TPSA) is 60.6 Å². The van der Waals surface area contributed by atoms with Crippen molar-refractivity contribution in [3.63, 3.8) is 0 Å². The molecule has 0 aliphatic carbocycles. The average Bonchev–Trinajstić information content (AvgIpc) is 2.59. The summed E-state index contributed by atoms with van der Waals surface area (Å²) >= 11 is 0. The van der Waals surface area contributed by atoms with Crippen LogP contribution in [0, 0.1) is 0 Å². The van der Waals surface area contributed by atoms with Gasteiger partial charge in [0.25, 0.3) is 0 Å². The number of hydrogen-bond donors (Lipinski definition) is 1. The van der Waals surface area contributed by atoms with Crippen molar-refractivity contribution in [2.75, 3.05) is 21.3 Å². The predicted molar refractivity (Wildman–Crippen MR) is 89.7 cm³/mol. The second-order valence-corrected chi connectivity index (χ2v) is 4.98. The van der Waals surface area contributed by atoms with Crippen LogP contribution in [0.15, 0.2) is 47.3 Å². The van der Waals surface area contributed by atoms with Gasteiger partial charge < -0.3 is 19.2 Å². The molecule has 1 aromatic heterocycles. The molecule has 0 aliphatic heterocycles. The molecule has 23 heavy (non-hydrogen) atoms. The van der Waals surface area contributed by atoms with Gasteiger partial charge in [-0.3, -0.25) is 4.79 Å². The summed E-state index contributed by atoms with van der Waals surface area (Å²) in [6.45, 7) is 0. The normalized spacial score (nSPS) is 10.6. The van der Waals surface area contributed by atoms with Crippen LogP contribution in [0.4, 0.5) is 0 Å². The summed E-state index contributed by atoms with van der Waals surface area (Å²) in [5.74, 6) is 1.52. The van der Waals surface area contributed by atoms with Crippen LogP contribution in [-0.2, 0) is 0 Å². The molecular weight excluding hydrogens is 294 g/mol. The van der Waals surface area contributed by atoms with E-state index in [0.29, 0.717) is 22.8 Å². The molecule has 3 aromatic rings. The Morgan fingerprint density at radius 2 is 1.57 bits per heavy atom. The first-order chi connectivity index (χ1) is 11.2. The van der Waals surface area contributed by atoms with E-state index in [1.54, 1.807) is 33.5 Å². The Morgan fingerprint density at radius 3 is 2.17 bits per heavy atom. The summed E-state index contributed by atoms with van der Waals surface area (Å²) in [6.07, 6.45) is 0. The Labute approximate surface area is 133 Å². The molecule has 1 heterocycles. The van der Waals surface area contributed by atoms with Gasteiger partial charge in [0.1, 0.15) is 0 Å². The minimum Gasteiger partial charge on any atom is -0.493 e. The average molecular weight is 311 g/mol. The monoisotopic (exact) mass is 311 g/mol. The number of methoxy groups -OCH3 is 3. The number of ether oxygens (including phenoxy) is 3. The minimum atomic E-state index is -0.189. The zero-order valence-electron chi connectivity index (χ0n) is 13.2. The van der Waals surface area contributed by atoms with Crippen LogP contribution in [-0.4, -0.2) is 26.3 Å². The van der Waals surface area contributed by atoms with E-state index in [4.69, 9.17) is 14.2 Å². The van der Waals surface area contributed by atoms with Crippen molar-refractivity contribution >= 4 is 10.9 Å². The van der Waals surface area contributed by atoms with Gasteiger partial charge in [0.05, 0.1) is 32.2 Å². The maximum Gasteiger partial charge on any atom is 0.249 e. The Bertz CT molecular complexity index is 900. The van der Waals surface area contributed by atoms with Gasteiger partial charge in [-0.05, 0) is 5.56 Å². The van der Waals surface area contributed by atoms with Crippen LogP contribution < -0.4 is 19.8 Å². The number of aromatic nitrogens is 1. The molecule has 0 aliphatic rings. The number of hydrogen-bond acceptors (Lipinski definition) is 4. The van der Waals surface area contributed by atoms with Crippen LogP contribution in [0.2, 0.25) is 0 Å². The summed E-state index contributed by atoms with van der Waals surface area (Å²) in [7, 11) is 4.67. The van der Waals surface area contributed by atoms with Crippen molar-refractivity contribution in [1.82, 2.24) is 4.98 Å². The van der Waals surface area contributed by atoms with Gasteiger partial charge in [0.2, 0.25) is 11.3 Å². The van der Waals surface area contributed by atoms with Gasteiger partial charge >= 0.3 is 0 Å². The lowest BCUT2D eigenvalue weighted by molar-refractivity contribution is 0.327. The van der Waals surface area contributed by atoms with Crippen LogP contribution in [0.3, 0.4) is 0 Å². The van der Waals surface area contributed by atoms with Gasteiger partial charge in [-0.25, -0.2) is 0 Å². The van der Waals surface area contributed by atoms with E-state index in [2.05, 4.69) is 4.98 Å². The number of pyridine rings is 1. The molecule has 0 atom stereocenters. The number of rotatable bonds is 4. The highest BCUT2D eigenvalue weighted by Crippen LogP contribution is 2.45. The molecule has 0 saturated carbocycles. The maximum atomic E-state index is 12.1. The quantitative estimate of drug-likeness (QED) is 0.803. The molecule has 0 saturated heterocycles. The lowest BCUT2D eigenvalue weighted by Crippen LogP contribution is -2.07. The number of aromatic amines is 1. The second kappa shape index (κ2) is 6.04. The number of H-pyrrole nitrogens is 1. The molecule has 118 valence electrons. The Morgan fingerprint density at radius 1 is 0.870 bits per heavy atom. The Hall–Kier alpha value is -2.95. The zero-order chi connectivity index (χ0) is 16.4. The van der Waals surface area contributed by atoms with E-state index >= 15 is 0 Å². The third-order valence-electron chi connectivity index (χ3n) is 3.72. The smallest absolute Gasteiger partial charge is 0.249 e. The van der Waals surface area contributed by atoms with Gasteiger partial charge in [-0.1, -0.05) is 30.3 Å². The summed E-state index contributed by atoms with van der Waals surface area (Å²) in [5.41, 5.74) is 2.15. The second-order valence-electron chi connectivity index (χ2n) is 4.98. The van der Waals surface area contributed by atoms with E-state index in [9.17, 15) is 4.79 Å². The lowest BCUT2D eigenvalue weighted by atomic mass is 10.00. The molecule has 1 N–H and O–H groups in total. The first-order valence-corrected chi connectivity index (χ1v) is 7.11. The van der Waals surface area contributed by atoms with Gasteiger partial charge in [0, 0.05) is 17.7 Å². The minimum absolute atomic E-state index is 0.189. The van der Waals surface area contributed by atoms with Crippen molar-refractivity contribution in [1.29, 1.82) is 0 Å². The van der Waals surface area contributed by atoms with Crippen LogP contribution in [0.5, 0.6) is 17.2 Å². The van der Waals surface area contributed by atoms with E-state index in [1.807, 2.05) is 30.3 Å². The van der Waals surface area contributed by atoms with Crippen molar-refractivity contribution in [3.05, 3.63) is 52.8 Å². The molecule has 0 fully saturated rings. The van der Waals surface area contributed by atoms with Crippen LogP contribution in [0.25, 0.3) is 22.0 Å². The molecular formula is C18H17NO4. The summed E-state index contributed by atoms with van der Waals surface area (Å²) in [6, 6.07) is 13.0. The number of nitrogens with one attached hydrogen (secondary N) is 1. The Balaban J connectivity index is 2.48. The highest BCUT2D eigenvalue weighted by atomic mass is 16.5. The fourth-order valence-corrected chi connectivity index (χ4v) is 2.74. The maximum absolute atomic E-state index is 12.1. The van der Waals surface area contributed by atoms with Gasteiger partial charge in [0.15, 0.2) is 11.5 Å². The molecule has 0 spiro atoms. The molecule has 0 bridgehead atoms. The molecule has 0 radical (unpaired) electrons. The van der Waals surface area contributed by atoms with Crippen LogP contribution >= 0.6 is 0 Å². The Kier molecular flexibility index (Phi) is 3.93. The zero-order valence-corrected chi connectivity index (χ0v) is 13.2. The number of benzene rings is 2. The van der Waals surface area contributed by atoms with Gasteiger partial charge in [-0.15, -0.1) is 0 Å². The fraction of sp³-hybridized carbons (Fsp3) is 0.167. The van der Waals surface area contributed by atoms with E-state index in [-0.39, 0.29) is 5.56 Å². The highest BCUT2D eigenvalue weighted by molar-refractivity contribution is 6.01. The first-order valence-electron chi connectivity index (χ1n) is 7.11. The molecule has 3 rings (SSSR count). The molecule has 5 nitrogen and oxygen atoms in total. The standard InChI is InChI=1S/C18H17NO4/c1-21-14-10-13-16(18(23-3)17(14)22-2)12(9-15(20)19-13)11-7-5-4-6-8-11/h4-10H,1-3H3,(H,19,20). The SMILES string of the molecule is COc1cc2[nH]c(=O)cc(-c3ccccc3)c2c(OC)c1OC. The van der Waals surface area contributed by atoms with Crippen LogP contribution in [0.1, 0.15) is 0 Å². The fourth-order valence-electron chi connectivity index (χ4n) is 2.74. The number of fused-ring (bicyclic) bond motifs is 1. The predicted octanol–water partition coefficient (Wildman–Crippen LogP) is 3.22. The third kappa shape index (κ3) is 2.50. The van der Waals surface area contributed by atoms with Crippen molar-refractivity contribution < 1.29 is 14.2 Å². The van der Waals surface area contributed by atoms with E-state index in [1.165, 1.54) is 0 Å². The molecule has 2 aromatic carbocycles. The van der Waals surface area contributed by atoms with Crippen molar-refractivity contribution in [2.45, 2.75) is 0 Å². The summed E-state index contributed by atoms with van der Waals surface area (Å²) in [4.78, 5) is 14.9. The first kappa shape index (κ1) is 15.0. The lowest BCUT2D eigenvalue weighted by Gasteiger charge is -2.16. The molecule has 0 unspecified atom stereocenters. The largest absolute Gasteiger partial charge is 0.493 e. The summed E-state index contributed by atoms with van der Waals surface area (Å²) < 4.78 is 16.4. The summed E-state index contributed by atoms with van der Waals surface area (Å²) in [5, 5.41) is 0.774. The van der Waals surface area contributed by atoms with Crippen molar-refractivity contribution in [3.8, 4) is 28.4 Å². The highest BCUT2D eigenvalue weighted by Gasteiger charge is 2.20. The van der Waals surface area contributed by atoms with E-state index < -0.39 is 0 Å². The van der Waals surface area contributed by atoms with E-state index in [0.717, 1.165) is 16.5 Å².